The molecule has 0 unspecified atom stereocenters. The van der Waals surface area contributed by atoms with Gasteiger partial charge in [-0.15, -0.1) is 11.3 Å². The number of benzene rings is 2. The number of Topliss-reactive ketones (excluding diaryl/α,β-unsaturated/α-hetero) is 1. The highest BCUT2D eigenvalue weighted by atomic mass is 32.1. The smallest absolute Gasteiger partial charge is 0.342 e. The van der Waals surface area contributed by atoms with Crippen LogP contribution in [0.5, 0.6) is 0 Å². The van der Waals surface area contributed by atoms with Gasteiger partial charge in [-0.1, -0.05) is 35.9 Å². The van der Waals surface area contributed by atoms with Crippen molar-refractivity contribution < 1.29 is 23.9 Å². The average molecular weight is 477 g/mol. The fraction of sp³-hybridized carbons (Fsp3) is 0.154. The van der Waals surface area contributed by atoms with Crippen molar-refractivity contribution in [2.75, 3.05) is 17.2 Å². The van der Waals surface area contributed by atoms with Gasteiger partial charge < -0.3 is 15.4 Å². The maximum absolute atomic E-state index is 13.1. The topological polar surface area (TPSA) is 102 Å². The van der Waals surface area contributed by atoms with E-state index in [4.69, 9.17) is 4.74 Å². The lowest BCUT2D eigenvalue weighted by Gasteiger charge is -2.09. The number of allylic oxidation sites excluding steroid dienone is 1. The number of carbonyl (C=O) groups excluding carboxylic acids is 4. The van der Waals surface area contributed by atoms with Gasteiger partial charge >= 0.3 is 5.97 Å². The van der Waals surface area contributed by atoms with Gasteiger partial charge in [-0.05, 0) is 43.7 Å². The van der Waals surface area contributed by atoms with Crippen molar-refractivity contribution in [3.8, 4) is 11.1 Å². The molecule has 1 heterocycles. The maximum Gasteiger partial charge on any atom is 0.342 e. The van der Waals surface area contributed by atoms with Crippen LogP contribution >= 0.6 is 11.3 Å². The highest BCUT2D eigenvalue weighted by Gasteiger charge is 2.23. The molecule has 0 aliphatic heterocycles. The zero-order chi connectivity index (χ0) is 24.7. The number of ether oxygens (including phenoxy) is 1. The number of hydrogen-bond donors (Lipinski definition) is 2. The standard InChI is InChI=1S/C26H24N2O5S/c1-16(2)13-23(31)28-25-24(21(15-34-25)18-7-5-4-6-8-18)26(32)33-14-22(30)19-9-11-20(12-10-19)27-17(3)29/h4-13,15H,14H2,1-3H3,(H,27,29)(H,28,31). The molecule has 34 heavy (non-hydrogen) atoms. The summed E-state index contributed by atoms with van der Waals surface area (Å²) in [6, 6.07) is 15.5. The summed E-state index contributed by atoms with van der Waals surface area (Å²) in [5.41, 5.74) is 3.30. The Bertz CT molecular complexity index is 1240. The number of amides is 2. The number of rotatable bonds is 8. The highest BCUT2D eigenvalue weighted by Crippen LogP contribution is 2.36. The van der Waals surface area contributed by atoms with Gasteiger partial charge in [0.1, 0.15) is 10.6 Å². The second-order valence-electron chi connectivity index (χ2n) is 7.69. The molecule has 2 N–H and O–H groups in total. The van der Waals surface area contributed by atoms with Crippen molar-refractivity contribution in [2.45, 2.75) is 20.8 Å². The Morgan fingerprint density at radius 2 is 1.59 bits per heavy atom. The van der Waals surface area contributed by atoms with Crippen molar-refractivity contribution in [1.82, 2.24) is 0 Å². The van der Waals surface area contributed by atoms with Crippen LogP contribution in [0.3, 0.4) is 0 Å². The molecule has 3 rings (SSSR count). The fourth-order valence-corrected chi connectivity index (χ4v) is 4.08. The van der Waals surface area contributed by atoms with Crippen LogP contribution in [0.2, 0.25) is 0 Å². The molecule has 0 atom stereocenters. The van der Waals surface area contributed by atoms with Gasteiger partial charge in [-0.3, -0.25) is 14.4 Å². The molecule has 0 spiro atoms. The number of anilines is 2. The van der Waals surface area contributed by atoms with Crippen molar-refractivity contribution >= 4 is 45.6 Å². The molecule has 7 nitrogen and oxygen atoms in total. The third-order valence-corrected chi connectivity index (χ3v) is 5.49. The molecule has 0 saturated heterocycles. The number of thiophene rings is 1. The normalized spacial score (nSPS) is 10.2. The Labute approximate surface area is 201 Å². The third-order valence-electron chi connectivity index (χ3n) is 4.60. The van der Waals surface area contributed by atoms with E-state index in [0.29, 0.717) is 21.8 Å². The van der Waals surface area contributed by atoms with Gasteiger partial charge in [0.15, 0.2) is 12.4 Å². The van der Waals surface area contributed by atoms with Crippen LogP contribution < -0.4 is 10.6 Å². The molecule has 2 amide bonds. The highest BCUT2D eigenvalue weighted by molar-refractivity contribution is 7.15. The zero-order valence-electron chi connectivity index (χ0n) is 19.0. The average Bonchev–Trinajstić information content (AvgIpc) is 3.20. The van der Waals surface area contributed by atoms with Crippen LogP contribution in [0, 0.1) is 0 Å². The molecule has 0 aliphatic carbocycles. The zero-order valence-corrected chi connectivity index (χ0v) is 19.8. The fourth-order valence-electron chi connectivity index (χ4n) is 3.12. The van der Waals surface area contributed by atoms with Gasteiger partial charge in [0.05, 0.1) is 0 Å². The SMILES string of the molecule is CC(=O)Nc1ccc(C(=O)COC(=O)c2c(-c3ccccc3)csc2NC(=O)C=C(C)C)cc1. The van der Waals surface area contributed by atoms with Crippen LogP contribution in [0.4, 0.5) is 10.7 Å². The molecular weight excluding hydrogens is 452 g/mol. The third kappa shape index (κ3) is 6.49. The van der Waals surface area contributed by atoms with Gasteiger partial charge in [-0.25, -0.2) is 4.79 Å². The molecule has 0 saturated carbocycles. The molecule has 0 fully saturated rings. The van der Waals surface area contributed by atoms with Crippen molar-refractivity contribution in [1.29, 1.82) is 0 Å². The Kier molecular flexibility index (Phi) is 8.10. The monoisotopic (exact) mass is 476 g/mol. The molecule has 1 aromatic heterocycles. The van der Waals surface area contributed by atoms with E-state index in [9.17, 15) is 19.2 Å². The molecule has 2 aromatic carbocycles. The van der Waals surface area contributed by atoms with Crippen LogP contribution in [0.15, 0.2) is 71.6 Å². The van der Waals surface area contributed by atoms with Gasteiger partial charge in [0.2, 0.25) is 11.8 Å². The second-order valence-corrected chi connectivity index (χ2v) is 8.57. The predicted octanol–water partition coefficient (Wildman–Crippen LogP) is 5.32. The minimum atomic E-state index is -0.712. The molecule has 0 radical (unpaired) electrons. The molecular formula is C26H24N2O5S. The Balaban J connectivity index is 1.80. The predicted molar refractivity (Wildman–Crippen MR) is 133 cm³/mol. The van der Waals surface area contributed by atoms with Crippen LogP contribution in [0.1, 0.15) is 41.5 Å². The van der Waals surface area contributed by atoms with Crippen LogP contribution in [-0.4, -0.2) is 30.2 Å². The van der Waals surface area contributed by atoms with Gasteiger partial charge in [0.25, 0.3) is 0 Å². The first-order chi connectivity index (χ1) is 16.2. The van der Waals surface area contributed by atoms with E-state index in [1.807, 2.05) is 30.3 Å². The Morgan fingerprint density at radius 3 is 2.21 bits per heavy atom. The van der Waals surface area contributed by atoms with E-state index in [1.54, 1.807) is 43.5 Å². The van der Waals surface area contributed by atoms with Gasteiger partial charge in [-0.2, -0.15) is 0 Å². The Morgan fingerprint density at radius 1 is 0.912 bits per heavy atom. The van der Waals surface area contributed by atoms with E-state index in [2.05, 4.69) is 10.6 Å². The van der Waals surface area contributed by atoms with Crippen LogP contribution in [0.25, 0.3) is 11.1 Å². The lowest BCUT2D eigenvalue weighted by molar-refractivity contribution is -0.114. The number of ketones is 1. The van der Waals surface area contributed by atoms with Crippen molar-refractivity contribution in [3.05, 3.63) is 82.8 Å². The summed E-state index contributed by atoms with van der Waals surface area (Å²) < 4.78 is 5.34. The van der Waals surface area contributed by atoms with E-state index in [0.717, 1.165) is 11.1 Å². The van der Waals surface area contributed by atoms with Crippen LogP contribution in [-0.2, 0) is 14.3 Å². The van der Waals surface area contributed by atoms with Gasteiger partial charge in [0, 0.05) is 35.2 Å². The van der Waals surface area contributed by atoms with E-state index in [-0.39, 0.29) is 17.4 Å². The summed E-state index contributed by atoms with van der Waals surface area (Å²) in [5.74, 6) is -1.68. The number of esters is 1. The van der Waals surface area contributed by atoms with E-state index < -0.39 is 18.4 Å². The second kappa shape index (κ2) is 11.2. The number of nitrogens with one attached hydrogen (secondary N) is 2. The largest absolute Gasteiger partial charge is 0.454 e. The minimum Gasteiger partial charge on any atom is -0.454 e. The Hall–Kier alpha value is -4.04. The number of hydrogen-bond acceptors (Lipinski definition) is 6. The first-order valence-corrected chi connectivity index (χ1v) is 11.3. The molecule has 3 aromatic rings. The van der Waals surface area contributed by atoms with Crippen molar-refractivity contribution in [3.63, 3.8) is 0 Å². The van der Waals surface area contributed by atoms with Crippen molar-refractivity contribution in [2.24, 2.45) is 0 Å². The first-order valence-electron chi connectivity index (χ1n) is 10.5. The summed E-state index contributed by atoms with van der Waals surface area (Å²) in [6.07, 6.45) is 1.44. The summed E-state index contributed by atoms with van der Waals surface area (Å²) in [7, 11) is 0. The molecule has 0 aliphatic rings. The maximum atomic E-state index is 13.1. The summed E-state index contributed by atoms with van der Waals surface area (Å²) in [6.45, 7) is 4.52. The first kappa shape index (κ1) is 24.6. The molecule has 8 heteroatoms. The molecule has 0 bridgehead atoms. The summed E-state index contributed by atoms with van der Waals surface area (Å²) in [5, 5.41) is 7.48. The quantitative estimate of drug-likeness (QED) is 0.260. The minimum absolute atomic E-state index is 0.195. The summed E-state index contributed by atoms with van der Waals surface area (Å²) >= 11 is 1.21. The lowest BCUT2D eigenvalue weighted by atomic mass is 10.0. The van der Waals surface area contributed by atoms with E-state index >= 15 is 0 Å². The van der Waals surface area contributed by atoms with E-state index in [1.165, 1.54) is 24.3 Å². The molecule has 174 valence electrons. The summed E-state index contributed by atoms with van der Waals surface area (Å²) in [4.78, 5) is 49.0. The lowest BCUT2D eigenvalue weighted by Crippen LogP contribution is -2.17. The number of carbonyl (C=O) groups is 4.